The number of hydrogen-bond donors (Lipinski definition) is 3. The zero-order valence-electron chi connectivity index (χ0n) is 17.7. The van der Waals surface area contributed by atoms with Crippen molar-refractivity contribution in [2.45, 2.75) is 52.3 Å². The highest BCUT2D eigenvalue weighted by Crippen LogP contribution is 2.31. The number of rotatable bonds is 6. The number of benzene rings is 1. The molecule has 0 aliphatic heterocycles. The van der Waals surface area contributed by atoms with E-state index in [1.165, 1.54) is 13.8 Å². The lowest BCUT2D eigenvalue weighted by Gasteiger charge is -2.22. The maximum Gasteiger partial charge on any atom is 0.412 e. The van der Waals surface area contributed by atoms with Gasteiger partial charge in [0.2, 0.25) is 5.91 Å². The monoisotopic (exact) mass is 451 g/mol. The summed E-state index contributed by atoms with van der Waals surface area (Å²) in [4.78, 5) is 35.9. The number of halogens is 4. The molecule has 1 aromatic carbocycles. The van der Waals surface area contributed by atoms with E-state index in [-0.39, 0.29) is 23.5 Å². The Morgan fingerprint density at radius 1 is 1.03 bits per heavy atom. The Hall–Kier alpha value is -3.05. The number of hydrogen-bond acceptors (Lipinski definition) is 5. The van der Waals surface area contributed by atoms with Crippen LogP contribution in [0.1, 0.15) is 46.1 Å². The summed E-state index contributed by atoms with van der Waals surface area (Å²) in [6.45, 7) is 6.01. The molecule has 31 heavy (non-hydrogen) atoms. The van der Waals surface area contributed by atoms with Gasteiger partial charge in [0.15, 0.2) is 0 Å². The van der Waals surface area contributed by atoms with Crippen LogP contribution in [0.25, 0.3) is 0 Å². The van der Waals surface area contributed by atoms with Crippen LogP contribution in [0.4, 0.5) is 38.5 Å². The van der Waals surface area contributed by atoms with Gasteiger partial charge in [-0.15, -0.1) is 0 Å². The van der Waals surface area contributed by atoms with Crippen LogP contribution in [-0.2, 0) is 14.3 Å². The molecule has 0 spiro atoms. The van der Waals surface area contributed by atoms with Gasteiger partial charge in [-0.25, -0.2) is 14.0 Å². The molecular formula is C19H25F4N3O5. The second-order valence-corrected chi connectivity index (χ2v) is 7.45. The standard InChI is InChI=1S/C19H25F4N3O5/c1-6-30-16(28)26-14-8-13(25-17(29)31-18(3,4)5)11(7-12(14)20)10(2)15(27)24-9-19(21,22)23/h7-8,10H,6,9H2,1-5H3,(H,24,27)(H,25,29)(H,26,28). The van der Waals surface area contributed by atoms with Crippen LogP contribution in [0, 0.1) is 5.82 Å². The second kappa shape index (κ2) is 10.3. The van der Waals surface area contributed by atoms with E-state index in [0.29, 0.717) is 0 Å². The van der Waals surface area contributed by atoms with E-state index >= 15 is 0 Å². The zero-order chi connectivity index (χ0) is 24.0. The van der Waals surface area contributed by atoms with Crippen molar-refractivity contribution in [2.75, 3.05) is 23.8 Å². The van der Waals surface area contributed by atoms with Crippen LogP contribution in [-0.4, -0.2) is 43.0 Å². The molecule has 3 amide bonds. The first kappa shape index (κ1) is 26.0. The Bertz CT molecular complexity index is 822. The third-order valence-electron chi connectivity index (χ3n) is 3.61. The molecule has 0 saturated carbocycles. The van der Waals surface area contributed by atoms with E-state index in [4.69, 9.17) is 4.74 Å². The van der Waals surface area contributed by atoms with Crippen LogP contribution in [0.5, 0.6) is 0 Å². The Labute approximate surface area is 176 Å². The number of amides is 3. The predicted octanol–water partition coefficient (Wildman–Crippen LogP) is 4.52. The van der Waals surface area contributed by atoms with Gasteiger partial charge >= 0.3 is 18.4 Å². The Kier molecular flexibility index (Phi) is 8.64. The first-order valence-electron chi connectivity index (χ1n) is 9.24. The van der Waals surface area contributed by atoms with E-state index in [1.807, 2.05) is 0 Å². The molecule has 1 aromatic rings. The molecule has 0 aromatic heterocycles. The lowest BCUT2D eigenvalue weighted by molar-refractivity contribution is -0.139. The van der Waals surface area contributed by atoms with Gasteiger partial charge in [-0.2, -0.15) is 13.2 Å². The topological polar surface area (TPSA) is 106 Å². The molecule has 12 heteroatoms. The molecular weight excluding hydrogens is 426 g/mol. The first-order valence-corrected chi connectivity index (χ1v) is 9.24. The molecule has 3 N–H and O–H groups in total. The molecule has 0 saturated heterocycles. The summed E-state index contributed by atoms with van der Waals surface area (Å²) in [6.07, 6.45) is -6.55. The van der Waals surface area contributed by atoms with Crippen molar-refractivity contribution in [1.29, 1.82) is 0 Å². The fraction of sp³-hybridized carbons (Fsp3) is 0.526. The first-order chi connectivity index (χ1) is 14.1. The zero-order valence-corrected chi connectivity index (χ0v) is 17.7. The van der Waals surface area contributed by atoms with Crippen LogP contribution in [0.2, 0.25) is 0 Å². The van der Waals surface area contributed by atoms with Gasteiger partial charge in [0, 0.05) is 0 Å². The minimum absolute atomic E-state index is 0.0188. The van der Waals surface area contributed by atoms with Crippen LogP contribution < -0.4 is 16.0 Å². The number of carbonyl (C=O) groups excluding carboxylic acids is 3. The van der Waals surface area contributed by atoms with Gasteiger partial charge in [0.25, 0.3) is 0 Å². The second-order valence-electron chi connectivity index (χ2n) is 7.45. The van der Waals surface area contributed by atoms with Crippen LogP contribution >= 0.6 is 0 Å². The van der Waals surface area contributed by atoms with E-state index in [1.54, 1.807) is 26.1 Å². The molecule has 1 unspecified atom stereocenters. The third-order valence-corrected chi connectivity index (χ3v) is 3.61. The highest BCUT2D eigenvalue weighted by Gasteiger charge is 2.30. The van der Waals surface area contributed by atoms with Crippen molar-refractivity contribution in [3.63, 3.8) is 0 Å². The van der Waals surface area contributed by atoms with Crippen molar-refractivity contribution in [1.82, 2.24) is 5.32 Å². The molecule has 1 rings (SSSR count). The SMILES string of the molecule is CCOC(=O)Nc1cc(NC(=O)OC(C)(C)C)c(C(C)C(=O)NCC(F)(F)F)cc1F. The normalized spacial score (nSPS) is 12.5. The molecule has 0 fully saturated rings. The van der Waals surface area contributed by atoms with Gasteiger partial charge < -0.3 is 14.8 Å². The predicted molar refractivity (Wildman–Crippen MR) is 104 cm³/mol. The Balaban J connectivity index is 3.27. The Morgan fingerprint density at radius 3 is 2.13 bits per heavy atom. The van der Waals surface area contributed by atoms with Crippen LogP contribution in [0.3, 0.4) is 0 Å². The van der Waals surface area contributed by atoms with E-state index in [0.717, 1.165) is 12.1 Å². The molecule has 1 atom stereocenters. The van der Waals surface area contributed by atoms with Crippen molar-refractivity contribution in [2.24, 2.45) is 0 Å². The number of anilines is 2. The molecule has 8 nitrogen and oxygen atoms in total. The smallest absolute Gasteiger partial charge is 0.412 e. The third kappa shape index (κ3) is 9.09. The lowest BCUT2D eigenvalue weighted by Crippen LogP contribution is -2.36. The van der Waals surface area contributed by atoms with Gasteiger partial charge in [0.1, 0.15) is 18.0 Å². The van der Waals surface area contributed by atoms with Crippen molar-refractivity contribution in [3.8, 4) is 0 Å². The van der Waals surface area contributed by atoms with Gasteiger partial charge in [-0.3, -0.25) is 15.4 Å². The average Bonchev–Trinajstić information content (AvgIpc) is 2.59. The molecule has 0 bridgehead atoms. The molecule has 0 heterocycles. The van der Waals surface area contributed by atoms with Crippen LogP contribution in [0.15, 0.2) is 12.1 Å². The minimum atomic E-state index is -4.63. The number of carbonyl (C=O) groups is 3. The van der Waals surface area contributed by atoms with E-state index in [9.17, 15) is 31.9 Å². The lowest BCUT2D eigenvalue weighted by atomic mass is 9.97. The van der Waals surface area contributed by atoms with Gasteiger partial charge in [-0.05, 0) is 52.3 Å². The van der Waals surface area contributed by atoms with Crippen molar-refractivity contribution < 1.29 is 41.4 Å². The number of ether oxygens (including phenoxy) is 2. The molecule has 174 valence electrons. The highest BCUT2D eigenvalue weighted by molar-refractivity contribution is 5.93. The molecule has 0 aliphatic rings. The van der Waals surface area contributed by atoms with Gasteiger partial charge in [-0.1, -0.05) is 0 Å². The minimum Gasteiger partial charge on any atom is -0.450 e. The summed E-state index contributed by atoms with van der Waals surface area (Å²) in [5.74, 6) is -3.32. The summed E-state index contributed by atoms with van der Waals surface area (Å²) < 4.78 is 61.5. The van der Waals surface area contributed by atoms with E-state index < -0.39 is 48.2 Å². The maximum absolute atomic E-state index is 14.5. The quantitative estimate of drug-likeness (QED) is 0.552. The highest BCUT2D eigenvalue weighted by atomic mass is 19.4. The average molecular weight is 451 g/mol. The number of alkyl halides is 3. The number of nitrogens with one attached hydrogen (secondary N) is 3. The van der Waals surface area contributed by atoms with E-state index in [2.05, 4.69) is 15.4 Å². The summed E-state index contributed by atoms with van der Waals surface area (Å²) in [7, 11) is 0. The largest absolute Gasteiger partial charge is 0.450 e. The maximum atomic E-state index is 14.5. The van der Waals surface area contributed by atoms with Crippen molar-refractivity contribution >= 4 is 29.5 Å². The summed E-state index contributed by atoms with van der Waals surface area (Å²) >= 11 is 0. The Morgan fingerprint density at radius 2 is 1.61 bits per heavy atom. The summed E-state index contributed by atoms with van der Waals surface area (Å²) in [6, 6.07) is 1.84. The molecule has 0 aliphatic carbocycles. The fourth-order valence-corrected chi connectivity index (χ4v) is 2.32. The van der Waals surface area contributed by atoms with Crippen molar-refractivity contribution in [3.05, 3.63) is 23.5 Å². The summed E-state index contributed by atoms with van der Waals surface area (Å²) in [5.41, 5.74) is -1.53. The van der Waals surface area contributed by atoms with Gasteiger partial charge in [0.05, 0.1) is 23.9 Å². The summed E-state index contributed by atoms with van der Waals surface area (Å²) in [5, 5.41) is 6.16. The molecule has 0 radical (unpaired) electrons. The fourth-order valence-electron chi connectivity index (χ4n) is 2.32.